The predicted molar refractivity (Wildman–Crippen MR) is 40.4 cm³/mol. The quantitative estimate of drug-likeness (QED) is 0.617. The minimum atomic E-state index is -2.76. The standard InChI is InChI=1S/C6H13NO2S/c1-10(8,9)4-6-2-5(6)3-7/h5-6H,2-4,7H2,1H3/t5-,6-/m0/s1. The average molecular weight is 163 g/mol. The van der Waals surface area contributed by atoms with Crippen molar-refractivity contribution in [3.63, 3.8) is 0 Å². The van der Waals surface area contributed by atoms with Crippen LogP contribution in [0.1, 0.15) is 6.42 Å². The summed E-state index contributed by atoms with van der Waals surface area (Å²) in [6, 6.07) is 0. The van der Waals surface area contributed by atoms with E-state index in [2.05, 4.69) is 0 Å². The molecule has 0 saturated heterocycles. The fourth-order valence-electron chi connectivity index (χ4n) is 1.19. The van der Waals surface area contributed by atoms with E-state index in [4.69, 9.17) is 5.73 Å². The third-order valence-corrected chi connectivity index (χ3v) is 2.92. The predicted octanol–water partition coefficient (Wildman–Crippen LogP) is -0.374. The SMILES string of the molecule is CS(=O)(=O)C[C@@H]1C[C@H]1CN. The van der Waals surface area contributed by atoms with E-state index in [0.29, 0.717) is 24.1 Å². The summed E-state index contributed by atoms with van der Waals surface area (Å²) >= 11 is 0. The minimum Gasteiger partial charge on any atom is -0.330 e. The Morgan fingerprint density at radius 3 is 2.40 bits per heavy atom. The molecule has 0 bridgehead atoms. The summed E-state index contributed by atoms with van der Waals surface area (Å²) in [4.78, 5) is 0. The van der Waals surface area contributed by atoms with Crippen LogP contribution in [0.3, 0.4) is 0 Å². The van der Waals surface area contributed by atoms with Gasteiger partial charge in [0.05, 0.1) is 5.75 Å². The third-order valence-electron chi connectivity index (χ3n) is 1.89. The Labute approximate surface area is 61.5 Å². The zero-order chi connectivity index (χ0) is 7.78. The summed E-state index contributed by atoms with van der Waals surface area (Å²) in [5, 5.41) is 0. The molecule has 0 aromatic heterocycles. The summed E-state index contributed by atoms with van der Waals surface area (Å²) in [5.74, 6) is 1.17. The first kappa shape index (κ1) is 8.01. The highest BCUT2D eigenvalue weighted by Gasteiger charge is 2.37. The largest absolute Gasteiger partial charge is 0.330 e. The number of rotatable bonds is 3. The van der Waals surface area contributed by atoms with Gasteiger partial charge in [0.25, 0.3) is 0 Å². The summed E-state index contributed by atoms with van der Waals surface area (Å²) in [7, 11) is -2.76. The van der Waals surface area contributed by atoms with Crippen molar-refractivity contribution in [3.05, 3.63) is 0 Å². The molecule has 0 aromatic rings. The van der Waals surface area contributed by atoms with Gasteiger partial charge in [0.15, 0.2) is 0 Å². The molecule has 0 amide bonds. The van der Waals surface area contributed by atoms with Crippen LogP contribution in [-0.2, 0) is 9.84 Å². The van der Waals surface area contributed by atoms with Gasteiger partial charge >= 0.3 is 0 Å². The molecule has 0 aliphatic heterocycles. The van der Waals surface area contributed by atoms with Crippen LogP contribution in [0, 0.1) is 11.8 Å². The molecule has 0 unspecified atom stereocenters. The van der Waals surface area contributed by atoms with Gasteiger partial charge in [-0.2, -0.15) is 0 Å². The Balaban J connectivity index is 2.31. The monoisotopic (exact) mass is 163 g/mol. The van der Waals surface area contributed by atoms with Crippen molar-refractivity contribution in [2.24, 2.45) is 17.6 Å². The van der Waals surface area contributed by atoms with Gasteiger partial charge in [0.1, 0.15) is 9.84 Å². The van der Waals surface area contributed by atoms with Gasteiger partial charge in [-0.25, -0.2) is 8.42 Å². The molecule has 0 spiro atoms. The highest BCUT2D eigenvalue weighted by molar-refractivity contribution is 7.90. The van der Waals surface area contributed by atoms with E-state index in [0.717, 1.165) is 6.42 Å². The van der Waals surface area contributed by atoms with Crippen molar-refractivity contribution in [1.29, 1.82) is 0 Å². The molecular formula is C6H13NO2S. The van der Waals surface area contributed by atoms with E-state index < -0.39 is 9.84 Å². The highest BCUT2D eigenvalue weighted by Crippen LogP contribution is 2.38. The molecule has 60 valence electrons. The van der Waals surface area contributed by atoms with Crippen LogP contribution in [0.25, 0.3) is 0 Å². The molecule has 1 aliphatic carbocycles. The van der Waals surface area contributed by atoms with Crippen molar-refractivity contribution in [1.82, 2.24) is 0 Å². The average Bonchev–Trinajstić information content (AvgIpc) is 2.42. The van der Waals surface area contributed by atoms with Crippen molar-refractivity contribution in [2.75, 3.05) is 18.6 Å². The van der Waals surface area contributed by atoms with Crippen molar-refractivity contribution in [2.45, 2.75) is 6.42 Å². The lowest BCUT2D eigenvalue weighted by atomic mass is 10.3. The second-order valence-corrected chi connectivity index (χ2v) is 5.27. The molecule has 0 radical (unpaired) electrons. The molecule has 1 rings (SSSR count). The van der Waals surface area contributed by atoms with Crippen LogP contribution >= 0.6 is 0 Å². The number of hydrogen-bond acceptors (Lipinski definition) is 3. The van der Waals surface area contributed by atoms with Gasteiger partial charge in [-0.3, -0.25) is 0 Å². The van der Waals surface area contributed by atoms with Crippen LogP contribution in [0.5, 0.6) is 0 Å². The smallest absolute Gasteiger partial charge is 0.147 e. The van der Waals surface area contributed by atoms with Gasteiger partial charge in [0.2, 0.25) is 0 Å². The molecule has 1 saturated carbocycles. The molecule has 2 N–H and O–H groups in total. The third kappa shape index (κ3) is 2.27. The lowest BCUT2D eigenvalue weighted by molar-refractivity contribution is 0.595. The molecule has 0 heterocycles. The first-order valence-electron chi connectivity index (χ1n) is 3.40. The molecule has 1 fully saturated rings. The van der Waals surface area contributed by atoms with Crippen LogP contribution in [-0.4, -0.2) is 27.0 Å². The Morgan fingerprint density at radius 2 is 2.10 bits per heavy atom. The summed E-state index contributed by atoms with van der Waals surface area (Å²) < 4.78 is 21.4. The van der Waals surface area contributed by atoms with E-state index in [1.54, 1.807) is 0 Å². The maximum Gasteiger partial charge on any atom is 0.147 e. The Kier molecular flexibility index (Phi) is 2.01. The number of sulfone groups is 1. The first-order valence-corrected chi connectivity index (χ1v) is 5.47. The Hall–Kier alpha value is -0.0900. The lowest BCUT2D eigenvalue weighted by Crippen LogP contribution is -2.09. The van der Waals surface area contributed by atoms with Crippen molar-refractivity contribution < 1.29 is 8.42 Å². The van der Waals surface area contributed by atoms with E-state index in [-0.39, 0.29) is 0 Å². The van der Waals surface area contributed by atoms with E-state index in [1.165, 1.54) is 6.26 Å². The molecule has 2 atom stereocenters. The summed E-state index contributed by atoms with van der Waals surface area (Å²) in [5.41, 5.74) is 5.35. The normalized spacial score (nSPS) is 32.2. The number of nitrogens with two attached hydrogens (primary N) is 1. The van der Waals surface area contributed by atoms with Gasteiger partial charge in [0, 0.05) is 6.26 Å². The molecule has 0 aromatic carbocycles. The van der Waals surface area contributed by atoms with Gasteiger partial charge in [-0.15, -0.1) is 0 Å². The molecular weight excluding hydrogens is 150 g/mol. The van der Waals surface area contributed by atoms with E-state index in [9.17, 15) is 8.42 Å². The second kappa shape index (κ2) is 2.51. The van der Waals surface area contributed by atoms with Crippen LogP contribution in [0.15, 0.2) is 0 Å². The second-order valence-electron chi connectivity index (χ2n) is 3.08. The fraction of sp³-hybridized carbons (Fsp3) is 1.00. The maximum atomic E-state index is 10.7. The van der Waals surface area contributed by atoms with E-state index in [1.807, 2.05) is 0 Å². The van der Waals surface area contributed by atoms with Crippen LogP contribution in [0.4, 0.5) is 0 Å². The van der Waals surface area contributed by atoms with Crippen LogP contribution in [0.2, 0.25) is 0 Å². The molecule has 1 aliphatic rings. The number of hydrogen-bond donors (Lipinski definition) is 1. The highest BCUT2D eigenvalue weighted by atomic mass is 32.2. The Bertz CT molecular complexity index is 210. The van der Waals surface area contributed by atoms with Gasteiger partial charge in [-0.05, 0) is 24.8 Å². The Morgan fingerprint density at radius 1 is 1.50 bits per heavy atom. The minimum absolute atomic E-state index is 0.328. The zero-order valence-corrected chi connectivity index (χ0v) is 6.89. The summed E-state index contributed by atoms with van der Waals surface area (Å²) in [6.45, 7) is 0.639. The zero-order valence-electron chi connectivity index (χ0n) is 6.08. The first-order chi connectivity index (χ1) is 4.53. The van der Waals surface area contributed by atoms with Gasteiger partial charge < -0.3 is 5.73 Å². The molecule has 3 nitrogen and oxygen atoms in total. The van der Waals surface area contributed by atoms with E-state index >= 15 is 0 Å². The molecule has 4 heteroatoms. The van der Waals surface area contributed by atoms with Gasteiger partial charge in [-0.1, -0.05) is 0 Å². The van der Waals surface area contributed by atoms with Crippen molar-refractivity contribution >= 4 is 9.84 Å². The maximum absolute atomic E-state index is 10.7. The summed E-state index contributed by atoms with van der Waals surface area (Å²) in [6.07, 6.45) is 2.28. The van der Waals surface area contributed by atoms with Crippen LogP contribution < -0.4 is 5.73 Å². The fourth-order valence-corrected chi connectivity index (χ4v) is 2.38. The van der Waals surface area contributed by atoms with Crippen molar-refractivity contribution in [3.8, 4) is 0 Å². The lowest BCUT2D eigenvalue weighted by Gasteiger charge is -1.93. The molecule has 10 heavy (non-hydrogen) atoms. The topological polar surface area (TPSA) is 60.2 Å².